The fourth-order valence-corrected chi connectivity index (χ4v) is 7.00. The van der Waals surface area contributed by atoms with E-state index in [4.69, 9.17) is 14.7 Å². The van der Waals surface area contributed by atoms with Crippen LogP contribution in [0.3, 0.4) is 0 Å². The lowest BCUT2D eigenvalue weighted by atomic mass is 9.80. The molecule has 3 aliphatic rings. The second-order valence-corrected chi connectivity index (χ2v) is 12.1. The summed E-state index contributed by atoms with van der Waals surface area (Å²) in [6.07, 6.45) is 1.81. The Morgan fingerprint density at radius 2 is 1.79 bits per heavy atom. The molecule has 3 aromatic rings. The molecule has 6 rings (SSSR count). The van der Waals surface area contributed by atoms with Crippen molar-refractivity contribution in [2.75, 3.05) is 7.11 Å². The molecular weight excluding hydrogens is 548 g/mol. The van der Waals surface area contributed by atoms with Gasteiger partial charge in [-0.2, -0.15) is 0 Å². The number of aromatic amines is 2. The first-order chi connectivity index (χ1) is 20.4. The molecule has 0 fully saturated rings. The lowest BCUT2D eigenvalue weighted by molar-refractivity contribution is -0.148. The molecule has 4 N–H and O–H groups in total. The zero-order chi connectivity index (χ0) is 31.0. The Morgan fingerprint density at radius 1 is 1.09 bits per heavy atom. The van der Waals surface area contributed by atoms with Crippen LogP contribution in [0.1, 0.15) is 112 Å². The van der Waals surface area contributed by atoms with Crippen molar-refractivity contribution in [3.05, 3.63) is 68.8 Å². The number of carbonyl (C=O) groups excluding carboxylic acids is 3. The first-order valence-corrected chi connectivity index (χ1v) is 14.6. The number of esters is 1. The van der Waals surface area contributed by atoms with Crippen LogP contribution in [0.15, 0.2) is 18.2 Å². The Morgan fingerprint density at radius 3 is 2.47 bits per heavy atom. The van der Waals surface area contributed by atoms with Crippen LogP contribution in [-0.4, -0.2) is 55.3 Å². The van der Waals surface area contributed by atoms with Crippen molar-refractivity contribution in [1.29, 1.82) is 0 Å². The molecule has 8 bridgehead atoms. The molecule has 10 nitrogen and oxygen atoms in total. The minimum absolute atomic E-state index is 0.0359. The average molecular weight is 585 g/mol. The fraction of sp³-hybridized carbons (Fsp3) is 0.424. The lowest BCUT2D eigenvalue weighted by Gasteiger charge is -2.34. The van der Waals surface area contributed by atoms with Crippen LogP contribution in [0.2, 0.25) is 0 Å². The molecule has 0 amide bonds. The van der Waals surface area contributed by atoms with Crippen LogP contribution in [0.5, 0.6) is 0 Å². The van der Waals surface area contributed by atoms with Crippen molar-refractivity contribution in [2.24, 2.45) is 0 Å². The summed E-state index contributed by atoms with van der Waals surface area (Å²) in [6, 6.07) is 5.20. The third-order valence-corrected chi connectivity index (χ3v) is 9.89. The SMILES string of the molecule is CC[C@@]1(O)c2cc3[nH]c4c(c5nc(cc6[nH]c(cc(n2)[C@]1(C)O)c(C=O)c6C)[C@@H](C)[C@@H]5CCC(=O)OC)CC(=O)c4c3C. The number of nitrogens with zero attached hydrogens (tertiary/aromatic N) is 2. The molecule has 10 heteroatoms. The number of aldehydes is 1. The molecule has 0 radical (unpaired) electrons. The molecule has 3 aromatic heterocycles. The molecular formula is C33H36N4O6. The molecule has 43 heavy (non-hydrogen) atoms. The number of rotatable bonds is 5. The number of Topliss-reactive ketones (excluding diaryl/α,β-unsaturated/α-hetero) is 1. The van der Waals surface area contributed by atoms with Crippen molar-refractivity contribution in [2.45, 2.75) is 83.3 Å². The minimum Gasteiger partial charge on any atom is -0.469 e. The number of carbonyl (C=O) groups is 3. The highest BCUT2D eigenvalue weighted by atomic mass is 16.5. The van der Waals surface area contributed by atoms with E-state index in [0.717, 1.165) is 28.8 Å². The van der Waals surface area contributed by atoms with Crippen LogP contribution in [0.25, 0.3) is 22.1 Å². The van der Waals surface area contributed by atoms with E-state index >= 15 is 0 Å². The number of aromatic nitrogens is 4. The molecule has 0 saturated carbocycles. The Bertz CT molecular complexity index is 1880. The van der Waals surface area contributed by atoms with E-state index in [9.17, 15) is 24.6 Å². The van der Waals surface area contributed by atoms with E-state index in [2.05, 4.69) is 16.9 Å². The largest absolute Gasteiger partial charge is 0.469 e. The van der Waals surface area contributed by atoms with Gasteiger partial charge in [0.2, 0.25) is 0 Å². The average Bonchev–Trinajstić information content (AvgIpc) is 3.70. The predicted octanol–water partition coefficient (Wildman–Crippen LogP) is 4.83. The van der Waals surface area contributed by atoms with Gasteiger partial charge in [-0.25, -0.2) is 0 Å². The number of aliphatic hydroxyl groups is 2. The maximum atomic E-state index is 13.4. The molecule has 0 spiro atoms. The van der Waals surface area contributed by atoms with Crippen LogP contribution < -0.4 is 0 Å². The first kappa shape index (κ1) is 28.9. The standard InChI is InChI=1S/C33H36N4O6/c1-7-33(42)27-12-23-17(4)29-25(39)10-19(31(29)36-23)30-18(8-9-28(40)43-6)15(2)22(35-30)11-21-16(3)20(14-38)24(34-21)13-26(37-27)32(33,5)41/h11-15,18,34,36,41-42H,7-10H2,1-6H3/t15-,18-,32-,33+/m0/s1. The van der Waals surface area contributed by atoms with Crippen LogP contribution in [0.4, 0.5) is 0 Å². The molecule has 0 unspecified atom stereocenters. The molecule has 5 heterocycles. The van der Waals surface area contributed by atoms with Gasteiger partial charge >= 0.3 is 5.97 Å². The van der Waals surface area contributed by atoms with Crippen LogP contribution >= 0.6 is 0 Å². The zero-order valence-electron chi connectivity index (χ0n) is 25.2. The summed E-state index contributed by atoms with van der Waals surface area (Å²) in [5.41, 5.74) is 4.08. The van der Waals surface area contributed by atoms with Crippen molar-refractivity contribution in [3.8, 4) is 0 Å². The molecule has 0 saturated heterocycles. The number of fused-ring (bicyclic) bond motifs is 8. The van der Waals surface area contributed by atoms with Crippen molar-refractivity contribution in [3.63, 3.8) is 0 Å². The van der Waals surface area contributed by atoms with Gasteiger partial charge in [-0.3, -0.25) is 24.4 Å². The maximum absolute atomic E-state index is 13.4. The highest BCUT2D eigenvalue weighted by molar-refractivity contribution is 6.13. The molecule has 1 aliphatic carbocycles. The molecule has 4 atom stereocenters. The van der Waals surface area contributed by atoms with E-state index in [1.165, 1.54) is 14.0 Å². The maximum Gasteiger partial charge on any atom is 0.305 e. The molecule has 0 aromatic carbocycles. The fourth-order valence-electron chi connectivity index (χ4n) is 7.00. The number of methoxy groups -OCH3 is 1. The molecule has 224 valence electrons. The number of aryl methyl sites for hydroxylation is 2. The van der Waals surface area contributed by atoms with Gasteiger partial charge < -0.3 is 24.9 Å². The summed E-state index contributed by atoms with van der Waals surface area (Å²) in [4.78, 5) is 54.4. The normalized spacial score (nSPS) is 24.4. The highest BCUT2D eigenvalue weighted by Crippen LogP contribution is 2.47. The highest BCUT2D eigenvalue weighted by Gasteiger charge is 2.53. The van der Waals surface area contributed by atoms with Gasteiger partial charge in [0.05, 0.1) is 35.2 Å². The topological polar surface area (TPSA) is 158 Å². The van der Waals surface area contributed by atoms with Crippen LogP contribution in [0, 0.1) is 13.8 Å². The van der Waals surface area contributed by atoms with E-state index < -0.39 is 11.2 Å². The molecule has 2 aliphatic heterocycles. The van der Waals surface area contributed by atoms with Crippen molar-refractivity contribution in [1.82, 2.24) is 19.9 Å². The monoisotopic (exact) mass is 584 g/mol. The number of hydrogen-bond acceptors (Lipinski definition) is 8. The predicted molar refractivity (Wildman–Crippen MR) is 160 cm³/mol. The zero-order valence-corrected chi connectivity index (χ0v) is 25.2. The van der Waals surface area contributed by atoms with E-state index in [1.54, 1.807) is 19.1 Å². The van der Waals surface area contributed by atoms with Crippen molar-refractivity contribution < 1.29 is 29.3 Å². The van der Waals surface area contributed by atoms with E-state index in [1.807, 2.05) is 19.9 Å². The third-order valence-electron chi connectivity index (χ3n) is 9.89. The summed E-state index contributed by atoms with van der Waals surface area (Å²) in [6.45, 7) is 9.02. The number of H-pyrrole nitrogens is 2. The van der Waals surface area contributed by atoms with Gasteiger partial charge in [0.15, 0.2) is 12.1 Å². The van der Waals surface area contributed by atoms with Gasteiger partial charge in [-0.15, -0.1) is 0 Å². The quantitative estimate of drug-likeness (QED) is 0.245. The van der Waals surface area contributed by atoms with E-state index in [0.29, 0.717) is 45.2 Å². The number of ether oxygens (including phenoxy) is 1. The first-order valence-electron chi connectivity index (χ1n) is 14.6. The number of hydrogen-bond donors (Lipinski definition) is 4. The summed E-state index contributed by atoms with van der Waals surface area (Å²) in [5, 5.41) is 23.5. The Labute approximate surface area is 248 Å². The van der Waals surface area contributed by atoms with Gasteiger partial charge in [0, 0.05) is 58.1 Å². The number of nitrogens with one attached hydrogen (secondary N) is 2. The van der Waals surface area contributed by atoms with Gasteiger partial charge in [0.1, 0.15) is 11.2 Å². The summed E-state index contributed by atoms with van der Waals surface area (Å²) >= 11 is 0. The second kappa shape index (κ2) is 9.96. The van der Waals surface area contributed by atoms with Gasteiger partial charge in [-0.05, 0) is 62.9 Å². The van der Waals surface area contributed by atoms with Gasteiger partial charge in [0.25, 0.3) is 0 Å². The van der Waals surface area contributed by atoms with E-state index in [-0.39, 0.29) is 54.2 Å². The van der Waals surface area contributed by atoms with Crippen molar-refractivity contribution >= 4 is 40.1 Å². The lowest BCUT2D eigenvalue weighted by Crippen LogP contribution is -2.43. The summed E-state index contributed by atoms with van der Waals surface area (Å²) in [5.74, 6) is -0.581. The Balaban J connectivity index is 1.76. The Hall–Kier alpha value is -4.15. The second-order valence-electron chi connectivity index (χ2n) is 12.1. The van der Waals surface area contributed by atoms with Crippen LogP contribution in [-0.2, 0) is 27.2 Å². The minimum atomic E-state index is -1.76. The van der Waals surface area contributed by atoms with Gasteiger partial charge in [-0.1, -0.05) is 13.8 Å². The number of ketones is 1. The smallest absolute Gasteiger partial charge is 0.305 e. The summed E-state index contributed by atoms with van der Waals surface area (Å²) < 4.78 is 4.92. The third kappa shape index (κ3) is 4.11. The summed E-state index contributed by atoms with van der Waals surface area (Å²) in [7, 11) is 1.37. The Kier molecular flexibility index (Phi) is 6.70.